The minimum absolute atomic E-state index is 0.898. The molecule has 0 N–H and O–H groups in total. The second-order valence-corrected chi connectivity index (χ2v) is 10.4. The topological polar surface area (TPSA) is 16.1 Å². The average Bonchev–Trinajstić information content (AvgIpc) is 3.44. The monoisotopic (exact) mass is 446 g/mol. The normalized spacial score (nSPS) is 14.9. The van der Waals surface area contributed by atoms with Crippen molar-refractivity contribution in [1.29, 1.82) is 0 Å². The first-order valence-corrected chi connectivity index (χ1v) is 12.6. The lowest BCUT2D eigenvalue weighted by atomic mass is 9.82. The van der Waals surface area contributed by atoms with E-state index in [4.69, 9.17) is 4.98 Å². The van der Waals surface area contributed by atoms with E-state index in [1.807, 2.05) is 6.20 Å². The van der Waals surface area contributed by atoms with Crippen LogP contribution < -0.4 is 4.90 Å². The van der Waals surface area contributed by atoms with Gasteiger partial charge in [-0.25, -0.2) is 0 Å². The van der Waals surface area contributed by atoms with Crippen LogP contribution in [0.25, 0.3) is 22.3 Å². The van der Waals surface area contributed by atoms with Gasteiger partial charge in [0.1, 0.15) is 0 Å². The third-order valence-electron chi connectivity index (χ3n) is 8.52. The van der Waals surface area contributed by atoms with E-state index in [0.29, 0.717) is 0 Å². The van der Waals surface area contributed by atoms with E-state index in [1.165, 1.54) is 84.0 Å². The van der Waals surface area contributed by atoms with Crippen molar-refractivity contribution in [3.63, 3.8) is 0 Å². The molecule has 4 aromatic carbocycles. The van der Waals surface area contributed by atoms with E-state index in [9.17, 15) is 0 Å². The number of hydrogen-bond donors (Lipinski definition) is 0. The van der Waals surface area contributed by atoms with E-state index in [2.05, 4.69) is 83.8 Å². The molecule has 164 valence electrons. The SMILES string of the molecule is c1ccc2c(c1)Cc1cc3c(cc1-2)N1c2cccnc2Cc2c4c(cc(c21)C3)Cc1ccccc1-4. The Kier molecular flexibility index (Phi) is 3.27. The largest absolute Gasteiger partial charge is 0.308 e. The molecule has 0 fully saturated rings. The molecule has 0 atom stereocenters. The highest BCUT2D eigenvalue weighted by Crippen LogP contribution is 2.56. The number of hydrogen-bond acceptors (Lipinski definition) is 2. The molecule has 5 aromatic rings. The van der Waals surface area contributed by atoms with Crippen molar-refractivity contribution in [2.45, 2.75) is 25.7 Å². The van der Waals surface area contributed by atoms with Gasteiger partial charge in [0.15, 0.2) is 0 Å². The van der Waals surface area contributed by atoms with Gasteiger partial charge in [-0.2, -0.15) is 0 Å². The predicted molar refractivity (Wildman–Crippen MR) is 141 cm³/mol. The van der Waals surface area contributed by atoms with Crippen molar-refractivity contribution >= 4 is 17.1 Å². The summed E-state index contributed by atoms with van der Waals surface area (Å²) in [5, 5.41) is 0. The molecular weight excluding hydrogens is 424 g/mol. The van der Waals surface area contributed by atoms with Gasteiger partial charge < -0.3 is 4.90 Å². The van der Waals surface area contributed by atoms with Gasteiger partial charge in [-0.3, -0.25) is 4.98 Å². The zero-order valence-corrected chi connectivity index (χ0v) is 19.3. The highest BCUT2D eigenvalue weighted by Gasteiger charge is 2.37. The van der Waals surface area contributed by atoms with Crippen molar-refractivity contribution < 1.29 is 0 Å². The summed E-state index contributed by atoms with van der Waals surface area (Å²) in [6.07, 6.45) is 5.92. The fraction of sp³-hybridized carbons (Fsp3) is 0.121. The van der Waals surface area contributed by atoms with E-state index >= 15 is 0 Å². The van der Waals surface area contributed by atoms with Crippen LogP contribution in [0, 0.1) is 0 Å². The molecule has 35 heavy (non-hydrogen) atoms. The molecule has 0 unspecified atom stereocenters. The smallest absolute Gasteiger partial charge is 0.0688 e. The quantitative estimate of drug-likeness (QED) is 0.240. The highest BCUT2D eigenvalue weighted by atomic mass is 15.2. The van der Waals surface area contributed by atoms with Crippen LogP contribution in [-0.2, 0) is 25.7 Å². The first-order chi connectivity index (χ1) is 17.3. The van der Waals surface area contributed by atoms with Gasteiger partial charge in [-0.15, -0.1) is 0 Å². The van der Waals surface area contributed by atoms with Gasteiger partial charge in [0.25, 0.3) is 0 Å². The summed E-state index contributed by atoms with van der Waals surface area (Å²) in [7, 11) is 0. The van der Waals surface area contributed by atoms with Gasteiger partial charge in [0, 0.05) is 19.0 Å². The molecule has 4 aliphatic rings. The molecule has 9 rings (SSSR count). The van der Waals surface area contributed by atoms with Crippen LogP contribution in [0.2, 0.25) is 0 Å². The Hall–Kier alpha value is -4.17. The lowest BCUT2D eigenvalue weighted by molar-refractivity contribution is 0.967. The van der Waals surface area contributed by atoms with Crippen LogP contribution in [-0.4, -0.2) is 4.98 Å². The molecule has 0 saturated carbocycles. The number of nitrogens with zero attached hydrogens (tertiary/aromatic N) is 2. The maximum atomic E-state index is 4.89. The third kappa shape index (κ3) is 2.27. The Labute approximate surface area is 204 Å². The van der Waals surface area contributed by atoms with Crippen molar-refractivity contribution in [3.8, 4) is 22.3 Å². The van der Waals surface area contributed by atoms with E-state index in [1.54, 1.807) is 0 Å². The first kappa shape index (κ1) is 18.2. The van der Waals surface area contributed by atoms with E-state index in [-0.39, 0.29) is 0 Å². The zero-order valence-electron chi connectivity index (χ0n) is 19.3. The molecule has 3 heterocycles. The minimum atomic E-state index is 0.898. The molecule has 0 amide bonds. The summed E-state index contributed by atoms with van der Waals surface area (Å²) in [5.74, 6) is 0. The lowest BCUT2D eigenvalue weighted by Gasteiger charge is -2.40. The fourth-order valence-corrected chi connectivity index (χ4v) is 7.13. The minimum Gasteiger partial charge on any atom is -0.308 e. The van der Waals surface area contributed by atoms with Gasteiger partial charge in [0.2, 0.25) is 0 Å². The molecule has 0 spiro atoms. The summed E-state index contributed by atoms with van der Waals surface area (Å²) in [6, 6.07) is 29.7. The Bertz CT molecular complexity index is 1760. The molecule has 2 aliphatic heterocycles. The van der Waals surface area contributed by atoms with Gasteiger partial charge in [-0.1, -0.05) is 60.7 Å². The lowest BCUT2D eigenvalue weighted by Crippen LogP contribution is -2.26. The van der Waals surface area contributed by atoms with Crippen molar-refractivity contribution in [2.24, 2.45) is 0 Å². The molecule has 1 aromatic heterocycles. The number of pyridine rings is 1. The van der Waals surface area contributed by atoms with Crippen LogP contribution in [0.1, 0.15) is 44.6 Å². The molecule has 0 radical (unpaired) electrons. The molecular formula is C33H22N2. The number of benzene rings is 4. The molecule has 0 bridgehead atoms. The molecule has 0 saturated heterocycles. The fourth-order valence-electron chi connectivity index (χ4n) is 7.13. The summed E-state index contributed by atoms with van der Waals surface area (Å²) in [6.45, 7) is 0. The zero-order chi connectivity index (χ0) is 22.7. The van der Waals surface area contributed by atoms with Crippen LogP contribution in [0.15, 0.2) is 85.1 Å². The van der Waals surface area contributed by atoms with Gasteiger partial charge >= 0.3 is 0 Å². The maximum Gasteiger partial charge on any atom is 0.0688 e. The Morgan fingerprint density at radius 1 is 0.543 bits per heavy atom. The van der Waals surface area contributed by atoms with Crippen LogP contribution in [0.4, 0.5) is 17.1 Å². The van der Waals surface area contributed by atoms with Crippen LogP contribution in [0.3, 0.4) is 0 Å². The summed E-state index contributed by atoms with van der Waals surface area (Å²) >= 11 is 0. The van der Waals surface area contributed by atoms with Crippen molar-refractivity contribution in [2.75, 3.05) is 4.90 Å². The first-order valence-electron chi connectivity index (χ1n) is 12.6. The Morgan fingerprint density at radius 2 is 1.29 bits per heavy atom. The number of anilines is 3. The number of fused-ring (bicyclic) bond motifs is 11. The maximum absolute atomic E-state index is 4.89. The molecule has 2 heteroatoms. The second-order valence-electron chi connectivity index (χ2n) is 10.4. The third-order valence-corrected chi connectivity index (χ3v) is 8.52. The van der Waals surface area contributed by atoms with Crippen molar-refractivity contribution in [1.82, 2.24) is 4.98 Å². The van der Waals surface area contributed by atoms with Crippen LogP contribution >= 0.6 is 0 Å². The van der Waals surface area contributed by atoms with Gasteiger partial charge in [0.05, 0.1) is 22.8 Å². The average molecular weight is 447 g/mol. The second kappa shape index (κ2) is 6.28. The highest BCUT2D eigenvalue weighted by molar-refractivity contribution is 5.96. The van der Waals surface area contributed by atoms with Crippen LogP contribution in [0.5, 0.6) is 0 Å². The standard InChI is InChI=1S/C33H22N2/c1-3-8-25-19(6-1)12-21-14-22-15-24-16-23-13-20-7-2-4-9-26(20)32(23)28-17-29-30(10-5-11-34-29)35(33(24)28)31(22)18-27(21)25/h1-11,14,16,18H,12-13,15,17H2. The molecule has 2 nitrogen and oxygen atoms in total. The summed E-state index contributed by atoms with van der Waals surface area (Å²) < 4.78 is 0. The van der Waals surface area contributed by atoms with Crippen molar-refractivity contribution in [3.05, 3.63) is 130 Å². The Morgan fingerprint density at radius 3 is 2.20 bits per heavy atom. The molecule has 2 aliphatic carbocycles. The summed E-state index contributed by atoms with van der Waals surface area (Å²) in [5.41, 5.74) is 21.0. The predicted octanol–water partition coefficient (Wildman–Crippen LogP) is 7.50. The van der Waals surface area contributed by atoms with E-state index in [0.717, 1.165) is 25.7 Å². The number of rotatable bonds is 0. The number of aromatic nitrogens is 1. The summed E-state index contributed by atoms with van der Waals surface area (Å²) in [4.78, 5) is 7.43. The van der Waals surface area contributed by atoms with Gasteiger partial charge in [-0.05, 0) is 92.2 Å². The van der Waals surface area contributed by atoms with E-state index < -0.39 is 0 Å². The Balaban J connectivity index is 1.35.